The highest BCUT2D eigenvalue weighted by molar-refractivity contribution is 9.11. The lowest BCUT2D eigenvalue weighted by Gasteiger charge is -2.13. The van der Waals surface area contributed by atoms with Gasteiger partial charge in [0.25, 0.3) is 5.91 Å². The van der Waals surface area contributed by atoms with Gasteiger partial charge in [-0.1, -0.05) is 40.2 Å². The van der Waals surface area contributed by atoms with Crippen molar-refractivity contribution in [3.8, 4) is 11.5 Å². The van der Waals surface area contributed by atoms with Crippen molar-refractivity contribution in [1.82, 2.24) is 16.2 Å². The number of fused-ring (bicyclic) bond motifs is 1. The van der Waals surface area contributed by atoms with Crippen molar-refractivity contribution in [1.29, 1.82) is 0 Å². The monoisotopic (exact) mass is 579 g/mol. The largest absolute Gasteiger partial charge is 0.497 e. The molecule has 0 spiro atoms. The second-order valence-electron chi connectivity index (χ2n) is 6.61. The van der Waals surface area contributed by atoms with Crippen LogP contribution in [0.4, 0.5) is 0 Å². The Morgan fingerprint density at radius 3 is 2.44 bits per heavy atom. The lowest BCUT2D eigenvalue weighted by atomic mass is 10.1. The molecule has 0 aliphatic carbocycles. The number of nitrogens with one attached hydrogen (secondary N) is 3. The van der Waals surface area contributed by atoms with Gasteiger partial charge in [0.2, 0.25) is 5.91 Å². The average Bonchev–Trinajstić information content (AvgIpc) is 2.77. The lowest BCUT2D eigenvalue weighted by Crippen LogP contribution is -2.49. The van der Waals surface area contributed by atoms with E-state index in [0.29, 0.717) is 11.5 Å². The van der Waals surface area contributed by atoms with Crippen LogP contribution in [0.3, 0.4) is 0 Å². The van der Waals surface area contributed by atoms with E-state index in [4.69, 9.17) is 21.7 Å². The summed E-state index contributed by atoms with van der Waals surface area (Å²) in [6.07, 6.45) is 0.134. The lowest BCUT2D eigenvalue weighted by molar-refractivity contribution is -0.124. The van der Waals surface area contributed by atoms with Crippen LogP contribution in [-0.4, -0.2) is 30.6 Å². The first-order chi connectivity index (χ1) is 15.4. The Balaban J connectivity index is 1.43. The van der Waals surface area contributed by atoms with Gasteiger partial charge in [0.05, 0.1) is 18.0 Å². The Kier molecular flexibility index (Phi) is 8.43. The van der Waals surface area contributed by atoms with Crippen LogP contribution in [0.15, 0.2) is 63.5 Å². The predicted octanol–water partition coefficient (Wildman–Crippen LogP) is 4.02. The number of amides is 2. The molecule has 3 aromatic rings. The number of hydrazine groups is 1. The molecule has 10 heteroatoms. The van der Waals surface area contributed by atoms with Crippen LogP contribution in [0.2, 0.25) is 0 Å². The third-order valence-electron chi connectivity index (χ3n) is 4.33. The van der Waals surface area contributed by atoms with Gasteiger partial charge in [0.1, 0.15) is 11.5 Å². The molecule has 7 nitrogen and oxygen atoms in total. The maximum absolute atomic E-state index is 12.1. The van der Waals surface area contributed by atoms with Crippen LogP contribution in [0, 0.1) is 0 Å². The third-order valence-corrected chi connectivity index (χ3v) is 5.85. The molecule has 0 saturated carbocycles. The number of hydrogen-bond acceptors (Lipinski definition) is 5. The molecule has 3 rings (SSSR count). The molecule has 0 aliphatic rings. The highest BCUT2D eigenvalue weighted by Crippen LogP contribution is 2.34. The first-order valence-electron chi connectivity index (χ1n) is 9.38. The average molecular weight is 581 g/mol. The van der Waals surface area contributed by atoms with Crippen molar-refractivity contribution in [2.24, 2.45) is 0 Å². The van der Waals surface area contributed by atoms with Crippen molar-refractivity contribution in [2.45, 2.75) is 6.42 Å². The van der Waals surface area contributed by atoms with Gasteiger partial charge in [-0.2, -0.15) is 0 Å². The number of rotatable bonds is 6. The van der Waals surface area contributed by atoms with E-state index in [0.717, 1.165) is 25.3 Å². The summed E-state index contributed by atoms with van der Waals surface area (Å²) in [6, 6.07) is 16.7. The van der Waals surface area contributed by atoms with Crippen molar-refractivity contribution >= 4 is 71.8 Å². The van der Waals surface area contributed by atoms with E-state index in [9.17, 15) is 9.59 Å². The first-order valence-corrected chi connectivity index (χ1v) is 11.4. The van der Waals surface area contributed by atoms with Crippen molar-refractivity contribution in [3.63, 3.8) is 0 Å². The summed E-state index contributed by atoms with van der Waals surface area (Å²) in [6.45, 7) is -0.240. The Labute approximate surface area is 207 Å². The van der Waals surface area contributed by atoms with Crippen LogP contribution in [0.1, 0.15) is 5.56 Å². The highest BCUT2D eigenvalue weighted by Gasteiger charge is 2.11. The predicted molar refractivity (Wildman–Crippen MR) is 134 cm³/mol. The molecular weight excluding hydrogens is 562 g/mol. The summed E-state index contributed by atoms with van der Waals surface area (Å²) < 4.78 is 12.4. The molecule has 3 aromatic carbocycles. The fourth-order valence-corrected chi connectivity index (χ4v) is 3.94. The molecule has 32 heavy (non-hydrogen) atoms. The molecule has 0 aliphatic heterocycles. The molecule has 0 fully saturated rings. The van der Waals surface area contributed by atoms with E-state index in [-0.39, 0.29) is 24.0 Å². The fourth-order valence-electron chi connectivity index (χ4n) is 2.79. The zero-order chi connectivity index (χ0) is 23.1. The quantitative estimate of drug-likeness (QED) is 0.301. The van der Waals surface area contributed by atoms with Gasteiger partial charge in [-0.25, -0.2) is 0 Å². The fraction of sp³-hybridized carbons (Fsp3) is 0.136. The molecule has 166 valence electrons. The molecule has 0 atom stereocenters. The van der Waals surface area contributed by atoms with Gasteiger partial charge < -0.3 is 14.8 Å². The number of hydrogen-bond donors (Lipinski definition) is 3. The molecule has 0 saturated heterocycles. The second kappa shape index (κ2) is 11.3. The summed E-state index contributed by atoms with van der Waals surface area (Å²) in [5, 5.41) is 4.48. The van der Waals surface area contributed by atoms with Gasteiger partial charge in [-0.15, -0.1) is 0 Å². The topological polar surface area (TPSA) is 88.7 Å². The van der Waals surface area contributed by atoms with Gasteiger partial charge in [0.15, 0.2) is 11.7 Å². The maximum atomic E-state index is 12.1. The SMILES string of the molecule is COc1ccc(CC(=O)NC(=S)NNC(=O)COc2ccc3cc(Br)ccc3c2Br)cc1. The van der Waals surface area contributed by atoms with E-state index >= 15 is 0 Å². The van der Waals surface area contributed by atoms with Crippen LogP contribution in [0.25, 0.3) is 10.8 Å². The summed E-state index contributed by atoms with van der Waals surface area (Å²) in [5.74, 6) is 0.467. The van der Waals surface area contributed by atoms with Crippen LogP contribution in [-0.2, 0) is 16.0 Å². The first kappa shape index (κ1) is 24.0. The minimum Gasteiger partial charge on any atom is -0.497 e. The molecule has 0 aromatic heterocycles. The number of carbonyl (C=O) groups excluding carboxylic acids is 2. The number of ether oxygens (including phenoxy) is 2. The molecule has 0 unspecified atom stereocenters. The van der Waals surface area contributed by atoms with E-state index in [1.807, 2.05) is 24.3 Å². The maximum Gasteiger partial charge on any atom is 0.276 e. The van der Waals surface area contributed by atoms with Crippen molar-refractivity contribution in [2.75, 3.05) is 13.7 Å². The standard InChI is InChI=1S/C22H19Br2N3O4S/c1-30-16-6-2-13(3-7-16)10-19(28)25-22(32)27-26-20(29)12-31-18-9-4-14-11-15(23)5-8-17(14)21(18)24/h2-9,11H,10,12H2,1H3,(H,26,29)(H2,25,27,28,32). The van der Waals surface area contributed by atoms with E-state index in [2.05, 4.69) is 48.0 Å². The minimum absolute atomic E-state index is 0.0191. The zero-order valence-electron chi connectivity index (χ0n) is 16.9. The van der Waals surface area contributed by atoms with Gasteiger partial charge in [0, 0.05) is 4.47 Å². The van der Waals surface area contributed by atoms with Crippen LogP contribution < -0.4 is 25.6 Å². The smallest absolute Gasteiger partial charge is 0.276 e. The normalized spacial score (nSPS) is 10.3. The van der Waals surface area contributed by atoms with E-state index in [1.165, 1.54) is 0 Å². The van der Waals surface area contributed by atoms with Gasteiger partial charge >= 0.3 is 0 Å². The third kappa shape index (κ3) is 6.65. The summed E-state index contributed by atoms with van der Waals surface area (Å²) >= 11 is 12.0. The molecule has 0 bridgehead atoms. The number of carbonyl (C=O) groups is 2. The highest BCUT2D eigenvalue weighted by atomic mass is 79.9. The molecule has 0 heterocycles. The van der Waals surface area contributed by atoms with E-state index in [1.54, 1.807) is 37.4 Å². The van der Waals surface area contributed by atoms with Gasteiger partial charge in [-0.05, 0) is 74.8 Å². The summed E-state index contributed by atoms with van der Waals surface area (Å²) in [4.78, 5) is 24.2. The Morgan fingerprint density at radius 2 is 1.72 bits per heavy atom. The van der Waals surface area contributed by atoms with Crippen molar-refractivity contribution < 1.29 is 19.1 Å². The number of methoxy groups -OCH3 is 1. The van der Waals surface area contributed by atoms with Crippen LogP contribution >= 0.6 is 44.1 Å². The van der Waals surface area contributed by atoms with E-state index < -0.39 is 5.91 Å². The zero-order valence-corrected chi connectivity index (χ0v) is 20.9. The Morgan fingerprint density at radius 1 is 0.969 bits per heavy atom. The van der Waals surface area contributed by atoms with Crippen molar-refractivity contribution in [3.05, 3.63) is 69.1 Å². The number of halogens is 2. The number of thiocarbonyl (C=S) groups is 1. The molecule has 0 radical (unpaired) electrons. The Bertz CT molecular complexity index is 1160. The summed E-state index contributed by atoms with van der Waals surface area (Å²) in [5.41, 5.74) is 5.68. The Hall–Kier alpha value is -2.69. The summed E-state index contributed by atoms with van der Waals surface area (Å²) in [7, 11) is 1.57. The number of benzene rings is 3. The molecular formula is C22H19Br2N3O4S. The second-order valence-corrected chi connectivity index (χ2v) is 8.72. The minimum atomic E-state index is -0.459. The van der Waals surface area contributed by atoms with Gasteiger partial charge in [-0.3, -0.25) is 20.4 Å². The molecule has 2 amide bonds. The van der Waals surface area contributed by atoms with Crippen LogP contribution in [0.5, 0.6) is 11.5 Å². The molecule has 3 N–H and O–H groups in total.